The van der Waals surface area contributed by atoms with Crippen LogP contribution in [0.4, 0.5) is 16.2 Å². The van der Waals surface area contributed by atoms with E-state index in [1.54, 1.807) is 16.2 Å². The normalized spacial score (nSPS) is 13.8. The number of carbonyl (C=O) groups is 1. The predicted molar refractivity (Wildman–Crippen MR) is 135 cm³/mol. The molecule has 1 aliphatic carbocycles. The Labute approximate surface area is 197 Å². The van der Waals surface area contributed by atoms with Crippen molar-refractivity contribution >= 4 is 38.9 Å². The van der Waals surface area contributed by atoms with E-state index < -0.39 is 12.7 Å². The van der Waals surface area contributed by atoms with Gasteiger partial charge >= 0.3 is 6.09 Å². The first-order chi connectivity index (χ1) is 16.7. The number of ether oxygens (including phenoxy) is 1. The molecular weight excluding hydrogens is 426 g/mol. The van der Waals surface area contributed by atoms with E-state index in [0.29, 0.717) is 5.69 Å². The Kier molecular flexibility index (Phi) is 4.65. The maximum atomic E-state index is 13.7. The van der Waals surface area contributed by atoms with Gasteiger partial charge < -0.3 is 4.74 Å². The lowest BCUT2D eigenvalue weighted by atomic mass is 9.98. The van der Waals surface area contributed by atoms with Crippen LogP contribution in [0.1, 0.15) is 18.4 Å². The second-order valence-electron chi connectivity index (χ2n) is 7.96. The highest BCUT2D eigenvalue weighted by molar-refractivity contribution is 7.17. The lowest BCUT2D eigenvalue weighted by molar-refractivity contribution is 0.153. The van der Waals surface area contributed by atoms with Gasteiger partial charge in [-0.1, -0.05) is 84.9 Å². The summed E-state index contributed by atoms with van der Waals surface area (Å²) in [4.78, 5) is 15.2. The van der Waals surface area contributed by atoms with Gasteiger partial charge in [0.15, 0.2) is 0 Å². The fraction of sp³-hybridized carbons (Fsp3) is 0.0690. The SMILES string of the molecule is [2H]C(OC(=O)N(c1ccccc1)c1csc2ccccc12)C1c2ccccc2-c2ccccc21. The largest absolute Gasteiger partial charge is 0.448 e. The fourth-order valence-corrected chi connectivity index (χ4v) is 5.50. The molecule has 0 aliphatic heterocycles. The van der Waals surface area contributed by atoms with E-state index in [-0.39, 0.29) is 5.92 Å². The lowest BCUT2D eigenvalue weighted by Crippen LogP contribution is -2.28. The molecular formula is C29H21NO2S. The summed E-state index contributed by atoms with van der Waals surface area (Å²) in [5, 5.41) is 2.95. The zero-order chi connectivity index (χ0) is 23.1. The van der Waals surface area contributed by atoms with Crippen molar-refractivity contribution in [1.29, 1.82) is 0 Å². The molecule has 1 unspecified atom stereocenters. The van der Waals surface area contributed by atoms with Gasteiger partial charge in [0.05, 0.1) is 12.7 Å². The Hall–Kier alpha value is -3.89. The molecule has 4 heteroatoms. The highest BCUT2D eigenvalue weighted by atomic mass is 32.1. The Balaban J connectivity index is 1.38. The van der Waals surface area contributed by atoms with E-state index >= 15 is 0 Å². The van der Waals surface area contributed by atoms with Gasteiger partial charge in [0.25, 0.3) is 0 Å². The topological polar surface area (TPSA) is 29.5 Å². The van der Waals surface area contributed by atoms with Crippen molar-refractivity contribution in [3.8, 4) is 11.1 Å². The summed E-state index contributed by atoms with van der Waals surface area (Å²) in [6.07, 6.45) is -0.559. The third-order valence-corrected chi connectivity index (χ3v) is 7.04. The first-order valence-electron chi connectivity index (χ1n) is 11.4. The number of hydrogen-bond donors (Lipinski definition) is 0. The zero-order valence-corrected chi connectivity index (χ0v) is 18.5. The number of fused-ring (bicyclic) bond motifs is 4. The number of amides is 1. The van der Waals surface area contributed by atoms with Crippen molar-refractivity contribution in [1.82, 2.24) is 0 Å². The molecule has 0 N–H and O–H groups in total. The number of nitrogens with zero attached hydrogens (tertiary/aromatic N) is 1. The van der Waals surface area contributed by atoms with Crippen molar-refractivity contribution in [3.63, 3.8) is 0 Å². The van der Waals surface area contributed by atoms with E-state index in [1.807, 2.05) is 96.4 Å². The summed E-state index contributed by atoms with van der Waals surface area (Å²) in [5.74, 6) is -0.340. The van der Waals surface area contributed by atoms with Crippen molar-refractivity contribution in [2.45, 2.75) is 5.92 Å². The van der Waals surface area contributed by atoms with Gasteiger partial charge in [0, 0.05) is 21.4 Å². The zero-order valence-electron chi connectivity index (χ0n) is 18.7. The second kappa shape index (κ2) is 8.23. The molecule has 3 nitrogen and oxygen atoms in total. The standard InChI is InChI=1S/C29H21NO2S/c31-29(32-18-26-23-14-6-4-12-21(23)22-13-5-7-15-24(22)26)30(20-10-2-1-3-11-20)27-19-33-28-17-9-8-16-25(27)28/h1-17,19,26H,18H2/i18D. The Morgan fingerprint density at radius 1 is 0.818 bits per heavy atom. The van der Waals surface area contributed by atoms with Crippen LogP contribution in [0.15, 0.2) is 109 Å². The average Bonchev–Trinajstić information content (AvgIpc) is 3.44. The number of thiophene rings is 1. The number of benzene rings is 4. The summed E-state index contributed by atoms with van der Waals surface area (Å²) in [6, 6.07) is 33.6. The second-order valence-corrected chi connectivity index (χ2v) is 8.87. The number of anilines is 2. The summed E-state index contributed by atoms with van der Waals surface area (Å²) in [5.41, 5.74) is 5.69. The average molecular weight is 449 g/mol. The summed E-state index contributed by atoms with van der Waals surface area (Å²) >= 11 is 1.58. The molecule has 0 fully saturated rings. The molecule has 1 atom stereocenters. The van der Waals surface area contributed by atoms with E-state index in [0.717, 1.165) is 38.0 Å². The summed E-state index contributed by atoms with van der Waals surface area (Å²) < 4.78 is 15.9. The van der Waals surface area contributed by atoms with Gasteiger partial charge in [-0.3, -0.25) is 0 Å². The van der Waals surface area contributed by atoms with Crippen molar-refractivity contribution in [2.24, 2.45) is 0 Å². The van der Waals surface area contributed by atoms with Crippen LogP contribution >= 0.6 is 11.3 Å². The maximum Gasteiger partial charge on any atom is 0.419 e. The van der Waals surface area contributed by atoms with Gasteiger partial charge in [-0.15, -0.1) is 11.3 Å². The predicted octanol–water partition coefficient (Wildman–Crippen LogP) is 7.99. The minimum absolute atomic E-state index is 0.340. The van der Waals surface area contributed by atoms with Crippen LogP contribution in [-0.2, 0) is 4.74 Å². The van der Waals surface area contributed by atoms with Crippen molar-refractivity contribution in [2.75, 3.05) is 11.5 Å². The summed E-state index contributed by atoms with van der Waals surface area (Å²) in [6.45, 7) is -1.09. The van der Waals surface area contributed by atoms with E-state index in [2.05, 4.69) is 12.1 Å². The van der Waals surface area contributed by atoms with Crippen LogP contribution in [0.25, 0.3) is 21.2 Å². The fourth-order valence-electron chi connectivity index (χ4n) is 4.58. The molecule has 0 saturated carbocycles. The third kappa shape index (κ3) is 3.40. The van der Waals surface area contributed by atoms with E-state index in [1.165, 1.54) is 0 Å². The van der Waals surface area contributed by atoms with Gasteiger partial charge in [0.1, 0.15) is 6.58 Å². The lowest BCUT2D eigenvalue weighted by Gasteiger charge is -2.23. The quantitative estimate of drug-likeness (QED) is 0.279. The molecule has 4 aromatic carbocycles. The van der Waals surface area contributed by atoms with E-state index in [9.17, 15) is 4.79 Å². The van der Waals surface area contributed by atoms with Crippen LogP contribution in [-0.4, -0.2) is 12.7 Å². The van der Waals surface area contributed by atoms with Crippen LogP contribution in [0.3, 0.4) is 0 Å². The molecule has 33 heavy (non-hydrogen) atoms. The van der Waals surface area contributed by atoms with Gasteiger partial charge in [-0.05, 0) is 40.5 Å². The first-order valence-corrected chi connectivity index (χ1v) is 11.7. The smallest absolute Gasteiger partial charge is 0.419 e. The van der Waals surface area contributed by atoms with Gasteiger partial charge in [0.2, 0.25) is 0 Å². The van der Waals surface area contributed by atoms with Crippen LogP contribution < -0.4 is 4.90 Å². The molecule has 160 valence electrons. The molecule has 1 aromatic heterocycles. The van der Waals surface area contributed by atoms with Crippen LogP contribution in [0, 0.1) is 0 Å². The Morgan fingerprint density at radius 2 is 1.42 bits per heavy atom. The summed E-state index contributed by atoms with van der Waals surface area (Å²) in [7, 11) is 0. The third-order valence-electron chi connectivity index (χ3n) is 6.09. The minimum Gasteiger partial charge on any atom is -0.448 e. The molecule has 1 amide bonds. The molecule has 5 aromatic rings. The molecule has 1 aliphatic rings. The number of para-hydroxylation sites is 1. The number of carbonyl (C=O) groups excluding carboxylic acids is 1. The maximum absolute atomic E-state index is 13.7. The van der Waals surface area contributed by atoms with Crippen LogP contribution in [0.2, 0.25) is 0 Å². The Morgan fingerprint density at radius 3 is 2.15 bits per heavy atom. The first kappa shape index (κ1) is 18.7. The molecule has 0 saturated heterocycles. The van der Waals surface area contributed by atoms with Crippen molar-refractivity contribution in [3.05, 3.63) is 120 Å². The minimum atomic E-state index is -1.09. The molecule has 0 spiro atoms. The van der Waals surface area contributed by atoms with Crippen LogP contribution in [0.5, 0.6) is 0 Å². The molecule has 1 heterocycles. The van der Waals surface area contributed by atoms with E-state index in [4.69, 9.17) is 6.11 Å². The monoisotopic (exact) mass is 448 g/mol. The highest BCUT2D eigenvalue weighted by Crippen LogP contribution is 2.45. The highest BCUT2D eigenvalue weighted by Gasteiger charge is 2.30. The number of rotatable bonds is 4. The molecule has 0 bridgehead atoms. The van der Waals surface area contributed by atoms with Gasteiger partial charge in [-0.25, -0.2) is 9.69 Å². The molecule has 6 rings (SSSR count). The van der Waals surface area contributed by atoms with Gasteiger partial charge in [-0.2, -0.15) is 0 Å². The van der Waals surface area contributed by atoms with Crippen molar-refractivity contribution < 1.29 is 10.9 Å². The number of hydrogen-bond acceptors (Lipinski definition) is 3. The molecule has 0 radical (unpaired) electrons. The Bertz CT molecular complexity index is 1450.